The Morgan fingerprint density at radius 1 is 1.17 bits per heavy atom. The summed E-state index contributed by atoms with van der Waals surface area (Å²) >= 11 is 1.29. The number of ether oxygens (including phenoxy) is 1. The largest absolute Gasteiger partial charge is 0.376 e. The molecule has 29 heavy (non-hydrogen) atoms. The average molecular weight is 414 g/mol. The Labute approximate surface area is 174 Å². The Hall–Kier alpha value is -1.80. The van der Waals surface area contributed by atoms with Crippen LogP contribution in [0.25, 0.3) is 0 Å². The quantitative estimate of drug-likeness (QED) is 0.727. The molecule has 8 heteroatoms. The molecule has 1 amide bonds. The number of rotatable bonds is 6. The van der Waals surface area contributed by atoms with Crippen molar-refractivity contribution in [1.82, 2.24) is 24.3 Å². The van der Waals surface area contributed by atoms with Crippen molar-refractivity contribution >= 4 is 17.4 Å². The standard InChI is InChI=1S/C21H27N5O2S/c27-21(20-5-6-22-29-20)25-9-15-7-18(26-11-17(23-24-26)14-3-4-14)19(8-16(15)10-25)28-12-13-1-2-13/h5-6,11,13-16,18-19H,1-4,7-10,12H2/t15-,16+,18-,19-/m1/s1. The van der Waals surface area contributed by atoms with Gasteiger partial charge in [0.15, 0.2) is 0 Å². The SMILES string of the molecule is O=C(c1ccns1)N1C[C@H]2C[C@@H](n3cc(C4CC4)nn3)[C@H](OCC3CC3)C[C@H]2C1. The second-order valence-electron chi connectivity index (χ2n) is 9.36. The lowest BCUT2D eigenvalue weighted by Gasteiger charge is -2.37. The lowest BCUT2D eigenvalue weighted by molar-refractivity contribution is -0.0375. The van der Waals surface area contributed by atoms with E-state index in [0.717, 1.165) is 49.0 Å². The maximum atomic E-state index is 12.8. The molecule has 0 radical (unpaired) electrons. The molecule has 3 aliphatic carbocycles. The molecule has 4 atom stereocenters. The van der Waals surface area contributed by atoms with Crippen molar-refractivity contribution in [3.8, 4) is 0 Å². The minimum atomic E-state index is 0.130. The molecule has 7 nitrogen and oxygen atoms in total. The minimum absolute atomic E-state index is 0.130. The van der Waals surface area contributed by atoms with Crippen molar-refractivity contribution in [2.45, 2.75) is 56.6 Å². The molecule has 0 bridgehead atoms. The summed E-state index contributed by atoms with van der Waals surface area (Å²) in [5, 5.41) is 8.95. The molecule has 4 aliphatic rings. The predicted molar refractivity (Wildman–Crippen MR) is 108 cm³/mol. The number of fused-ring (bicyclic) bond motifs is 1. The van der Waals surface area contributed by atoms with Gasteiger partial charge in [-0.25, -0.2) is 9.06 Å². The molecule has 0 spiro atoms. The van der Waals surface area contributed by atoms with Crippen molar-refractivity contribution in [3.05, 3.63) is 29.0 Å². The smallest absolute Gasteiger partial charge is 0.265 e. The first-order chi connectivity index (χ1) is 14.2. The van der Waals surface area contributed by atoms with Gasteiger partial charge < -0.3 is 9.64 Å². The van der Waals surface area contributed by atoms with Gasteiger partial charge in [-0.15, -0.1) is 5.10 Å². The van der Waals surface area contributed by atoms with Crippen LogP contribution in [0, 0.1) is 17.8 Å². The van der Waals surface area contributed by atoms with Gasteiger partial charge in [0.05, 0.1) is 17.8 Å². The molecule has 2 aromatic rings. The van der Waals surface area contributed by atoms with E-state index in [0.29, 0.717) is 17.8 Å². The highest BCUT2D eigenvalue weighted by molar-refractivity contribution is 7.08. The zero-order valence-electron chi connectivity index (χ0n) is 16.5. The van der Waals surface area contributed by atoms with E-state index in [-0.39, 0.29) is 18.1 Å². The summed E-state index contributed by atoms with van der Waals surface area (Å²) < 4.78 is 12.6. The summed E-state index contributed by atoms with van der Waals surface area (Å²) in [6.07, 6.45) is 11.1. The van der Waals surface area contributed by atoms with Gasteiger partial charge in [-0.2, -0.15) is 0 Å². The molecular weight excluding hydrogens is 386 g/mol. The number of amides is 1. The number of nitrogens with zero attached hydrogens (tertiary/aromatic N) is 5. The van der Waals surface area contributed by atoms with Gasteiger partial charge in [0.25, 0.3) is 5.91 Å². The van der Waals surface area contributed by atoms with Crippen LogP contribution >= 0.6 is 11.5 Å². The zero-order valence-corrected chi connectivity index (χ0v) is 17.3. The van der Waals surface area contributed by atoms with Crippen LogP contribution in [-0.4, -0.2) is 56.0 Å². The molecule has 3 heterocycles. The Bertz CT molecular complexity index is 876. The number of likely N-dealkylation sites (tertiary alicyclic amines) is 1. The van der Waals surface area contributed by atoms with Gasteiger partial charge in [-0.1, -0.05) is 5.21 Å². The lowest BCUT2D eigenvalue weighted by atomic mass is 9.77. The highest BCUT2D eigenvalue weighted by Gasteiger charge is 2.45. The molecule has 2 aromatic heterocycles. The first-order valence-electron chi connectivity index (χ1n) is 11.0. The summed E-state index contributed by atoms with van der Waals surface area (Å²) in [5.41, 5.74) is 1.14. The number of carbonyl (C=O) groups excluding carboxylic acids is 1. The van der Waals surface area contributed by atoms with E-state index >= 15 is 0 Å². The molecule has 1 aliphatic heterocycles. The summed E-state index contributed by atoms with van der Waals surface area (Å²) in [6, 6.07) is 2.06. The van der Waals surface area contributed by atoms with Crippen LogP contribution in [0.5, 0.6) is 0 Å². The van der Waals surface area contributed by atoms with Gasteiger partial charge in [0.2, 0.25) is 0 Å². The van der Waals surface area contributed by atoms with Crippen LogP contribution in [0.1, 0.15) is 65.9 Å². The van der Waals surface area contributed by atoms with Crippen LogP contribution in [0.15, 0.2) is 18.5 Å². The molecule has 3 saturated carbocycles. The topological polar surface area (TPSA) is 73.1 Å². The van der Waals surface area contributed by atoms with Crippen LogP contribution in [-0.2, 0) is 4.74 Å². The van der Waals surface area contributed by atoms with Gasteiger partial charge in [-0.05, 0) is 73.9 Å². The Morgan fingerprint density at radius 2 is 2.00 bits per heavy atom. The molecular formula is C21H27N5O2S. The molecule has 4 fully saturated rings. The van der Waals surface area contributed by atoms with Crippen molar-refractivity contribution < 1.29 is 9.53 Å². The molecule has 0 unspecified atom stereocenters. The number of aromatic nitrogens is 4. The fraction of sp³-hybridized carbons (Fsp3) is 0.714. The van der Waals surface area contributed by atoms with Gasteiger partial charge in [0, 0.05) is 38.0 Å². The average Bonchev–Trinajstić information content (AvgIpc) is 3.59. The van der Waals surface area contributed by atoms with Gasteiger partial charge >= 0.3 is 0 Å². The number of hydrogen-bond acceptors (Lipinski definition) is 6. The Balaban J connectivity index is 1.20. The second kappa shape index (κ2) is 7.16. The fourth-order valence-corrected chi connectivity index (χ4v) is 5.62. The Morgan fingerprint density at radius 3 is 2.72 bits per heavy atom. The van der Waals surface area contributed by atoms with E-state index < -0.39 is 0 Å². The van der Waals surface area contributed by atoms with Crippen LogP contribution in [0.3, 0.4) is 0 Å². The van der Waals surface area contributed by atoms with E-state index in [9.17, 15) is 4.79 Å². The predicted octanol–water partition coefficient (Wildman–Crippen LogP) is 3.13. The maximum absolute atomic E-state index is 12.8. The molecule has 0 aromatic carbocycles. The second-order valence-corrected chi connectivity index (χ2v) is 10.2. The van der Waals surface area contributed by atoms with Gasteiger partial charge in [0.1, 0.15) is 4.88 Å². The summed E-state index contributed by atoms with van der Waals surface area (Å²) in [5.74, 6) is 2.51. The van der Waals surface area contributed by atoms with Gasteiger partial charge in [-0.3, -0.25) is 4.79 Å². The third kappa shape index (κ3) is 3.61. The lowest BCUT2D eigenvalue weighted by Crippen LogP contribution is -2.38. The number of carbonyl (C=O) groups is 1. The van der Waals surface area contributed by atoms with Crippen molar-refractivity contribution in [2.24, 2.45) is 17.8 Å². The summed E-state index contributed by atoms with van der Waals surface area (Å²) in [4.78, 5) is 15.6. The molecule has 0 N–H and O–H groups in total. The summed E-state index contributed by atoms with van der Waals surface area (Å²) in [7, 11) is 0. The first kappa shape index (κ1) is 18.0. The Kier molecular flexibility index (Phi) is 4.45. The third-order valence-electron chi connectivity index (χ3n) is 7.13. The highest BCUT2D eigenvalue weighted by Crippen LogP contribution is 2.44. The normalized spacial score (nSPS) is 31.8. The van der Waals surface area contributed by atoms with Crippen LogP contribution in [0.2, 0.25) is 0 Å². The first-order valence-corrected chi connectivity index (χ1v) is 11.7. The van der Waals surface area contributed by atoms with Crippen LogP contribution in [0.4, 0.5) is 0 Å². The van der Waals surface area contributed by atoms with E-state index in [1.165, 1.54) is 37.2 Å². The minimum Gasteiger partial charge on any atom is -0.376 e. The van der Waals surface area contributed by atoms with Crippen molar-refractivity contribution in [3.63, 3.8) is 0 Å². The molecule has 154 valence electrons. The summed E-state index contributed by atoms with van der Waals surface area (Å²) in [6.45, 7) is 2.53. The van der Waals surface area contributed by atoms with E-state index in [1.54, 1.807) is 6.20 Å². The van der Waals surface area contributed by atoms with Crippen molar-refractivity contribution in [2.75, 3.05) is 19.7 Å². The monoisotopic (exact) mass is 413 g/mol. The molecule has 1 saturated heterocycles. The fourth-order valence-electron chi connectivity index (χ4n) is 5.06. The van der Waals surface area contributed by atoms with Crippen molar-refractivity contribution in [1.29, 1.82) is 0 Å². The van der Waals surface area contributed by atoms with E-state index in [2.05, 4.69) is 25.6 Å². The van der Waals surface area contributed by atoms with E-state index in [4.69, 9.17) is 4.74 Å². The van der Waals surface area contributed by atoms with E-state index in [1.807, 2.05) is 11.0 Å². The zero-order chi connectivity index (χ0) is 19.4. The number of hydrogen-bond donors (Lipinski definition) is 0. The third-order valence-corrected chi connectivity index (χ3v) is 7.86. The highest BCUT2D eigenvalue weighted by atomic mass is 32.1. The maximum Gasteiger partial charge on any atom is 0.265 e. The van der Waals surface area contributed by atoms with Crippen LogP contribution < -0.4 is 0 Å². The molecule has 6 rings (SSSR count).